The van der Waals surface area contributed by atoms with Crippen LogP contribution in [-0.2, 0) is 19.2 Å². The fourth-order valence-electron chi connectivity index (χ4n) is 2.16. The topological polar surface area (TPSA) is 112 Å². The Balaban J connectivity index is 2.90. The molecule has 106 valence electrons. The Kier molecular flexibility index (Phi) is 4.28. The average molecular weight is 271 g/mol. The van der Waals surface area contributed by atoms with Crippen LogP contribution in [0.2, 0.25) is 0 Å². The number of imide groups is 1. The first-order valence-electron chi connectivity index (χ1n) is 5.93. The highest BCUT2D eigenvalue weighted by atomic mass is 16.4. The molecule has 7 nitrogen and oxygen atoms in total. The van der Waals surface area contributed by atoms with Crippen LogP contribution in [-0.4, -0.2) is 44.9 Å². The summed E-state index contributed by atoms with van der Waals surface area (Å²) in [6, 6.07) is -1.40. The van der Waals surface area contributed by atoms with Gasteiger partial charge in [0.2, 0.25) is 11.8 Å². The molecule has 0 saturated carbocycles. The largest absolute Gasteiger partial charge is 0.481 e. The lowest BCUT2D eigenvalue weighted by atomic mass is 9.81. The van der Waals surface area contributed by atoms with Crippen molar-refractivity contribution in [1.29, 1.82) is 0 Å². The molecule has 19 heavy (non-hydrogen) atoms. The molecule has 1 rings (SSSR count). The van der Waals surface area contributed by atoms with Crippen LogP contribution in [0, 0.1) is 5.41 Å². The van der Waals surface area contributed by atoms with Gasteiger partial charge in [0.25, 0.3) is 0 Å². The number of carboxylic acid groups (broad SMARTS) is 2. The molecule has 1 saturated heterocycles. The summed E-state index contributed by atoms with van der Waals surface area (Å²) in [7, 11) is 0. The van der Waals surface area contributed by atoms with Gasteiger partial charge in [-0.05, 0) is 11.8 Å². The zero-order valence-electron chi connectivity index (χ0n) is 10.9. The van der Waals surface area contributed by atoms with E-state index in [1.54, 1.807) is 13.8 Å². The standard InChI is InChI=1S/C12H17NO6/c1-12(2)5-8(14)13(9(15)6-12)7(11(18)19)3-4-10(16)17/h7H,3-6H2,1-2H3,(H,16,17)(H,18,19). The molecule has 2 N–H and O–H groups in total. The van der Waals surface area contributed by atoms with Crippen LogP contribution >= 0.6 is 0 Å². The van der Waals surface area contributed by atoms with E-state index in [1.807, 2.05) is 0 Å². The van der Waals surface area contributed by atoms with Crippen molar-refractivity contribution in [1.82, 2.24) is 4.90 Å². The van der Waals surface area contributed by atoms with Gasteiger partial charge in [0.15, 0.2) is 0 Å². The van der Waals surface area contributed by atoms with E-state index in [4.69, 9.17) is 10.2 Å². The SMILES string of the molecule is CC1(C)CC(=O)N(C(CCC(=O)O)C(=O)O)C(=O)C1. The Morgan fingerprint density at radius 2 is 1.68 bits per heavy atom. The van der Waals surface area contributed by atoms with E-state index in [1.165, 1.54) is 0 Å². The van der Waals surface area contributed by atoms with Crippen LogP contribution in [0.3, 0.4) is 0 Å². The van der Waals surface area contributed by atoms with Crippen LogP contribution in [0.5, 0.6) is 0 Å². The average Bonchev–Trinajstić information content (AvgIpc) is 2.19. The molecule has 0 radical (unpaired) electrons. The predicted molar refractivity (Wildman–Crippen MR) is 63.2 cm³/mol. The molecule has 0 bridgehead atoms. The first kappa shape index (κ1) is 15.1. The number of hydrogen-bond donors (Lipinski definition) is 2. The summed E-state index contributed by atoms with van der Waals surface area (Å²) in [5.41, 5.74) is -0.486. The molecule has 1 heterocycles. The lowest BCUT2D eigenvalue weighted by Crippen LogP contribution is -2.54. The number of piperidine rings is 1. The number of carbonyl (C=O) groups excluding carboxylic acids is 2. The van der Waals surface area contributed by atoms with Crippen LogP contribution in [0.1, 0.15) is 39.5 Å². The van der Waals surface area contributed by atoms with Gasteiger partial charge in [0.05, 0.1) is 0 Å². The first-order valence-corrected chi connectivity index (χ1v) is 5.93. The molecule has 1 unspecified atom stereocenters. The molecule has 7 heteroatoms. The third kappa shape index (κ3) is 3.77. The smallest absolute Gasteiger partial charge is 0.326 e. The van der Waals surface area contributed by atoms with Gasteiger partial charge in [-0.2, -0.15) is 0 Å². The summed E-state index contributed by atoms with van der Waals surface area (Å²) < 4.78 is 0. The van der Waals surface area contributed by atoms with Crippen LogP contribution < -0.4 is 0 Å². The van der Waals surface area contributed by atoms with E-state index in [-0.39, 0.29) is 19.3 Å². The van der Waals surface area contributed by atoms with Crippen LogP contribution in [0.25, 0.3) is 0 Å². The summed E-state index contributed by atoms with van der Waals surface area (Å²) in [6.45, 7) is 3.51. The highest BCUT2D eigenvalue weighted by Gasteiger charge is 2.43. The summed E-state index contributed by atoms with van der Waals surface area (Å²) >= 11 is 0. The third-order valence-electron chi connectivity index (χ3n) is 3.03. The normalized spacial score (nSPS) is 20.2. The summed E-state index contributed by atoms with van der Waals surface area (Å²) in [4.78, 5) is 46.1. The Morgan fingerprint density at radius 1 is 1.21 bits per heavy atom. The van der Waals surface area contributed by atoms with Crippen molar-refractivity contribution in [3.8, 4) is 0 Å². The van der Waals surface area contributed by atoms with Crippen LogP contribution in [0.4, 0.5) is 0 Å². The lowest BCUT2D eigenvalue weighted by molar-refractivity contribution is -0.164. The van der Waals surface area contributed by atoms with Gasteiger partial charge in [0, 0.05) is 19.3 Å². The number of amides is 2. The second-order valence-electron chi connectivity index (χ2n) is 5.46. The first-order chi connectivity index (χ1) is 8.64. The van der Waals surface area contributed by atoms with E-state index in [2.05, 4.69) is 0 Å². The number of rotatable bonds is 5. The summed E-state index contributed by atoms with van der Waals surface area (Å²) in [5, 5.41) is 17.6. The second kappa shape index (κ2) is 5.38. The van der Waals surface area contributed by atoms with Crippen molar-refractivity contribution in [2.75, 3.05) is 0 Å². The van der Waals surface area contributed by atoms with E-state index >= 15 is 0 Å². The maximum absolute atomic E-state index is 11.9. The molecule has 0 spiro atoms. The maximum Gasteiger partial charge on any atom is 0.326 e. The fourth-order valence-corrected chi connectivity index (χ4v) is 2.16. The molecule has 1 fully saturated rings. The molecular formula is C12H17NO6. The molecule has 2 amide bonds. The summed E-state index contributed by atoms with van der Waals surface area (Å²) in [5.74, 6) is -3.63. The Labute approximate surface area is 110 Å². The number of aliphatic carboxylic acids is 2. The minimum absolute atomic E-state index is 0.0790. The molecule has 0 aromatic carbocycles. The van der Waals surface area contributed by atoms with Gasteiger partial charge < -0.3 is 10.2 Å². The van der Waals surface area contributed by atoms with Gasteiger partial charge in [-0.1, -0.05) is 13.8 Å². The minimum Gasteiger partial charge on any atom is -0.481 e. The molecule has 1 atom stereocenters. The summed E-state index contributed by atoms with van der Waals surface area (Å²) in [6.07, 6.45) is -0.523. The van der Waals surface area contributed by atoms with Crippen molar-refractivity contribution < 1.29 is 29.4 Å². The van der Waals surface area contributed by atoms with Crippen molar-refractivity contribution in [2.24, 2.45) is 5.41 Å². The maximum atomic E-state index is 11.9. The minimum atomic E-state index is -1.40. The van der Waals surface area contributed by atoms with Gasteiger partial charge >= 0.3 is 11.9 Å². The van der Waals surface area contributed by atoms with Gasteiger partial charge in [0.1, 0.15) is 6.04 Å². The Hall–Kier alpha value is -1.92. The number of nitrogens with zero attached hydrogens (tertiary/aromatic N) is 1. The van der Waals surface area contributed by atoms with E-state index in [9.17, 15) is 19.2 Å². The highest BCUT2D eigenvalue weighted by Crippen LogP contribution is 2.33. The molecule has 1 aliphatic rings. The molecule has 0 aromatic heterocycles. The Morgan fingerprint density at radius 3 is 2.05 bits per heavy atom. The van der Waals surface area contributed by atoms with Gasteiger partial charge in [-0.3, -0.25) is 19.3 Å². The van der Waals surface area contributed by atoms with E-state index < -0.39 is 41.6 Å². The van der Waals surface area contributed by atoms with Gasteiger partial charge in [-0.15, -0.1) is 0 Å². The fraction of sp³-hybridized carbons (Fsp3) is 0.667. The number of carboxylic acids is 2. The molecule has 0 aliphatic carbocycles. The van der Waals surface area contributed by atoms with E-state index in [0.29, 0.717) is 4.90 Å². The molecule has 1 aliphatic heterocycles. The molecular weight excluding hydrogens is 254 g/mol. The van der Waals surface area contributed by atoms with Crippen molar-refractivity contribution >= 4 is 23.8 Å². The second-order valence-corrected chi connectivity index (χ2v) is 5.46. The quantitative estimate of drug-likeness (QED) is 0.703. The number of likely N-dealkylation sites (tertiary alicyclic amines) is 1. The number of carbonyl (C=O) groups is 4. The van der Waals surface area contributed by atoms with Crippen molar-refractivity contribution in [3.05, 3.63) is 0 Å². The Bertz CT molecular complexity index is 408. The van der Waals surface area contributed by atoms with Crippen LogP contribution in [0.15, 0.2) is 0 Å². The lowest BCUT2D eigenvalue weighted by Gasteiger charge is -2.37. The highest BCUT2D eigenvalue weighted by molar-refractivity contribution is 6.01. The van der Waals surface area contributed by atoms with E-state index in [0.717, 1.165) is 0 Å². The predicted octanol–water partition coefficient (Wildman–Crippen LogP) is 0.480. The monoisotopic (exact) mass is 271 g/mol. The number of hydrogen-bond acceptors (Lipinski definition) is 4. The van der Waals surface area contributed by atoms with Crippen molar-refractivity contribution in [2.45, 2.75) is 45.6 Å². The zero-order chi connectivity index (χ0) is 14.8. The zero-order valence-corrected chi connectivity index (χ0v) is 10.9. The van der Waals surface area contributed by atoms with Gasteiger partial charge in [-0.25, -0.2) is 4.79 Å². The molecule has 0 aromatic rings. The third-order valence-corrected chi connectivity index (χ3v) is 3.03. The van der Waals surface area contributed by atoms with Crippen molar-refractivity contribution in [3.63, 3.8) is 0 Å².